The molecular formula is C17H16Cl3N5O2. The molecule has 1 saturated heterocycles. The van der Waals surface area contributed by atoms with Gasteiger partial charge in [0.15, 0.2) is 10.8 Å². The molecule has 0 radical (unpaired) electrons. The summed E-state index contributed by atoms with van der Waals surface area (Å²) in [6.07, 6.45) is 1.51. The fourth-order valence-corrected chi connectivity index (χ4v) is 3.09. The minimum Gasteiger partial charge on any atom is -0.396 e. The van der Waals surface area contributed by atoms with E-state index < -0.39 is 5.91 Å². The Morgan fingerprint density at radius 1 is 1.19 bits per heavy atom. The topological polar surface area (TPSA) is 92.8 Å². The molecule has 2 aromatic rings. The Bertz CT molecular complexity index is 868. The third-order valence-electron chi connectivity index (χ3n) is 3.94. The molecule has 10 heteroatoms. The molecular weight excluding hydrogens is 413 g/mol. The molecule has 142 valence electrons. The number of nitrogens with one attached hydrogen (secondary N) is 1. The van der Waals surface area contributed by atoms with E-state index in [1.165, 1.54) is 6.21 Å². The third kappa shape index (κ3) is 4.62. The number of hydrogen-bond acceptors (Lipinski definition) is 6. The molecule has 1 aliphatic rings. The molecule has 1 aliphatic heterocycles. The number of carbonyl (C=O) groups is 1. The molecule has 3 N–H and O–H groups in total. The van der Waals surface area contributed by atoms with Gasteiger partial charge in [0.25, 0.3) is 5.91 Å². The van der Waals surface area contributed by atoms with E-state index in [0.717, 1.165) is 37.6 Å². The number of nitrogens with two attached hydrogens (primary N) is 1. The molecule has 2 heterocycles. The summed E-state index contributed by atoms with van der Waals surface area (Å²) in [5.41, 5.74) is 9.81. The molecule has 1 aromatic heterocycles. The van der Waals surface area contributed by atoms with Gasteiger partial charge in [-0.3, -0.25) is 4.79 Å². The normalized spacial score (nSPS) is 14.6. The number of aromatic nitrogens is 1. The Labute approximate surface area is 171 Å². The predicted molar refractivity (Wildman–Crippen MR) is 108 cm³/mol. The molecule has 0 unspecified atom stereocenters. The van der Waals surface area contributed by atoms with Gasteiger partial charge >= 0.3 is 0 Å². The highest BCUT2D eigenvalue weighted by Crippen LogP contribution is 2.34. The fraction of sp³-hybridized carbons (Fsp3) is 0.235. The summed E-state index contributed by atoms with van der Waals surface area (Å²) < 4.78 is 5.35. The predicted octanol–water partition coefficient (Wildman–Crippen LogP) is 3.22. The third-order valence-corrected chi connectivity index (χ3v) is 5.07. The lowest BCUT2D eigenvalue weighted by Gasteiger charge is -2.28. The van der Waals surface area contributed by atoms with Crippen molar-refractivity contribution < 1.29 is 9.53 Å². The van der Waals surface area contributed by atoms with Gasteiger partial charge in [-0.25, -0.2) is 10.4 Å². The van der Waals surface area contributed by atoms with Crippen molar-refractivity contribution in [2.75, 3.05) is 36.9 Å². The minimum atomic E-state index is -0.647. The number of morpholine rings is 1. The van der Waals surface area contributed by atoms with Crippen molar-refractivity contribution in [3.05, 3.63) is 50.7 Å². The second-order valence-electron chi connectivity index (χ2n) is 5.68. The molecule has 0 aliphatic carbocycles. The number of carbonyl (C=O) groups excluding carboxylic acids is 1. The van der Waals surface area contributed by atoms with Gasteiger partial charge in [-0.2, -0.15) is 5.10 Å². The monoisotopic (exact) mass is 427 g/mol. The van der Waals surface area contributed by atoms with Crippen LogP contribution in [-0.2, 0) is 4.74 Å². The fourth-order valence-electron chi connectivity index (χ4n) is 2.49. The number of halogens is 3. The number of benzene rings is 1. The summed E-state index contributed by atoms with van der Waals surface area (Å²) in [6, 6.07) is 7.80. The largest absolute Gasteiger partial charge is 0.396 e. The summed E-state index contributed by atoms with van der Waals surface area (Å²) in [4.78, 5) is 18.3. The number of pyridine rings is 1. The Morgan fingerprint density at radius 3 is 2.52 bits per heavy atom. The molecule has 27 heavy (non-hydrogen) atoms. The molecule has 7 nitrogen and oxygen atoms in total. The van der Waals surface area contributed by atoms with Crippen LogP contribution in [0.2, 0.25) is 15.2 Å². The number of anilines is 2. The molecule has 0 saturated carbocycles. The minimum absolute atomic E-state index is 0.00192. The van der Waals surface area contributed by atoms with Crippen LogP contribution in [0.5, 0.6) is 0 Å². The second-order valence-corrected chi connectivity index (χ2v) is 6.80. The van der Waals surface area contributed by atoms with Crippen LogP contribution in [0, 0.1) is 0 Å². The number of nitrogen functional groups attached to an aromatic ring is 1. The van der Waals surface area contributed by atoms with Gasteiger partial charge in [0.05, 0.1) is 30.1 Å². The van der Waals surface area contributed by atoms with Crippen molar-refractivity contribution in [2.24, 2.45) is 5.10 Å². The summed E-state index contributed by atoms with van der Waals surface area (Å²) in [6.45, 7) is 3.18. The lowest BCUT2D eigenvalue weighted by molar-refractivity contribution is 0.0950. The number of hydrogen-bond donors (Lipinski definition) is 2. The van der Waals surface area contributed by atoms with Crippen LogP contribution in [0.25, 0.3) is 0 Å². The van der Waals surface area contributed by atoms with Gasteiger partial charge in [-0.05, 0) is 17.7 Å². The maximum absolute atomic E-state index is 12.2. The zero-order valence-electron chi connectivity index (χ0n) is 14.1. The first-order valence-corrected chi connectivity index (χ1v) is 9.17. The van der Waals surface area contributed by atoms with Gasteiger partial charge in [0, 0.05) is 18.8 Å². The number of amides is 1. The SMILES string of the molecule is Nc1c(Cl)c(Cl)nc(C(=O)N/N=C/c2ccc(N3CCOCC3)cc2)c1Cl. The maximum atomic E-state index is 12.2. The van der Waals surface area contributed by atoms with E-state index in [-0.39, 0.29) is 26.6 Å². The Balaban J connectivity index is 1.64. The molecule has 1 aromatic carbocycles. The first kappa shape index (κ1) is 19.7. The first-order chi connectivity index (χ1) is 13.0. The van der Waals surface area contributed by atoms with E-state index in [4.69, 9.17) is 45.3 Å². The maximum Gasteiger partial charge on any atom is 0.291 e. The van der Waals surface area contributed by atoms with Crippen molar-refractivity contribution in [1.82, 2.24) is 10.4 Å². The summed E-state index contributed by atoms with van der Waals surface area (Å²) in [7, 11) is 0. The number of rotatable bonds is 4. The van der Waals surface area contributed by atoms with Crippen molar-refractivity contribution in [3.63, 3.8) is 0 Å². The van der Waals surface area contributed by atoms with E-state index in [0.29, 0.717) is 0 Å². The van der Waals surface area contributed by atoms with E-state index in [9.17, 15) is 4.79 Å². The van der Waals surface area contributed by atoms with Crippen molar-refractivity contribution in [1.29, 1.82) is 0 Å². The summed E-state index contributed by atoms with van der Waals surface area (Å²) >= 11 is 17.7. The molecule has 1 amide bonds. The molecule has 0 bridgehead atoms. The Kier molecular flexibility index (Phi) is 6.38. The van der Waals surface area contributed by atoms with Gasteiger partial charge in [0.2, 0.25) is 0 Å². The molecule has 3 rings (SSSR count). The van der Waals surface area contributed by atoms with E-state index >= 15 is 0 Å². The quantitative estimate of drug-likeness (QED) is 0.443. The standard InChI is InChI=1S/C17H16Cl3N5O2/c18-12-14(21)13(19)16(20)23-15(12)17(26)24-22-9-10-1-3-11(4-2-10)25-5-7-27-8-6-25/h1-4,9H,5-8H2,(H2,21,23)(H,24,26)/b22-9+. The summed E-state index contributed by atoms with van der Waals surface area (Å²) in [5, 5.41) is 3.73. The van der Waals surface area contributed by atoms with Gasteiger partial charge in [-0.15, -0.1) is 0 Å². The van der Waals surface area contributed by atoms with Crippen LogP contribution < -0.4 is 16.1 Å². The number of ether oxygens (including phenoxy) is 1. The van der Waals surface area contributed by atoms with Gasteiger partial charge < -0.3 is 15.4 Å². The van der Waals surface area contributed by atoms with Crippen LogP contribution in [0.4, 0.5) is 11.4 Å². The highest BCUT2D eigenvalue weighted by molar-refractivity contribution is 6.46. The van der Waals surface area contributed by atoms with Crippen molar-refractivity contribution in [2.45, 2.75) is 0 Å². The van der Waals surface area contributed by atoms with Crippen LogP contribution in [0.1, 0.15) is 16.1 Å². The van der Waals surface area contributed by atoms with Crippen molar-refractivity contribution in [3.8, 4) is 0 Å². The molecule has 0 atom stereocenters. The Hall–Kier alpha value is -2.06. The Morgan fingerprint density at radius 2 is 1.85 bits per heavy atom. The lowest BCUT2D eigenvalue weighted by Crippen LogP contribution is -2.36. The highest BCUT2D eigenvalue weighted by atomic mass is 35.5. The van der Waals surface area contributed by atoms with E-state index in [1.807, 2.05) is 24.3 Å². The van der Waals surface area contributed by atoms with Gasteiger partial charge in [0.1, 0.15) is 5.02 Å². The molecule has 1 fully saturated rings. The summed E-state index contributed by atoms with van der Waals surface area (Å²) in [5.74, 6) is -0.647. The van der Waals surface area contributed by atoms with E-state index in [2.05, 4.69) is 20.4 Å². The van der Waals surface area contributed by atoms with Crippen LogP contribution >= 0.6 is 34.8 Å². The van der Waals surface area contributed by atoms with E-state index in [1.54, 1.807) is 0 Å². The average Bonchev–Trinajstić information content (AvgIpc) is 2.70. The zero-order chi connectivity index (χ0) is 19.4. The number of nitrogens with zero attached hydrogens (tertiary/aromatic N) is 3. The van der Waals surface area contributed by atoms with Crippen LogP contribution in [0.15, 0.2) is 29.4 Å². The van der Waals surface area contributed by atoms with Crippen molar-refractivity contribution >= 4 is 58.3 Å². The smallest absolute Gasteiger partial charge is 0.291 e. The van der Waals surface area contributed by atoms with Crippen LogP contribution in [0.3, 0.4) is 0 Å². The van der Waals surface area contributed by atoms with Crippen LogP contribution in [-0.4, -0.2) is 43.4 Å². The lowest BCUT2D eigenvalue weighted by atomic mass is 10.2. The zero-order valence-corrected chi connectivity index (χ0v) is 16.4. The highest BCUT2D eigenvalue weighted by Gasteiger charge is 2.19. The average molecular weight is 429 g/mol. The first-order valence-electron chi connectivity index (χ1n) is 8.03. The second kappa shape index (κ2) is 8.75. The molecule has 0 spiro atoms. The van der Waals surface area contributed by atoms with Gasteiger partial charge in [-0.1, -0.05) is 46.9 Å². The number of hydrazone groups is 1.